The molecule has 0 saturated carbocycles. The van der Waals surface area contributed by atoms with E-state index >= 15 is 0 Å². The molecule has 17 heavy (non-hydrogen) atoms. The molecule has 0 aliphatic heterocycles. The van der Waals surface area contributed by atoms with Gasteiger partial charge >= 0.3 is 11.8 Å². The standard InChI is InChI=1S/C10H19N3O4/c1-8(14)11-5-6-13-10(16)9(15)12-4-3-7-17-2/h3-7H2,1-2H3,(H,11,14)(H,12,15)(H,13,16). The summed E-state index contributed by atoms with van der Waals surface area (Å²) in [6.07, 6.45) is 0.654. The van der Waals surface area contributed by atoms with Crippen molar-refractivity contribution in [1.29, 1.82) is 0 Å². The smallest absolute Gasteiger partial charge is 0.309 e. The minimum absolute atomic E-state index is 0.178. The summed E-state index contributed by atoms with van der Waals surface area (Å²) in [5, 5.41) is 7.33. The molecule has 0 atom stereocenters. The molecule has 0 unspecified atom stereocenters. The van der Waals surface area contributed by atoms with Gasteiger partial charge in [-0.15, -0.1) is 0 Å². The summed E-state index contributed by atoms with van der Waals surface area (Å²) in [7, 11) is 1.57. The molecule has 0 saturated heterocycles. The van der Waals surface area contributed by atoms with Gasteiger partial charge in [-0.3, -0.25) is 14.4 Å². The molecule has 0 bridgehead atoms. The van der Waals surface area contributed by atoms with Crippen molar-refractivity contribution in [2.45, 2.75) is 13.3 Å². The Morgan fingerprint density at radius 3 is 2.00 bits per heavy atom. The van der Waals surface area contributed by atoms with Gasteiger partial charge in [-0.05, 0) is 6.42 Å². The van der Waals surface area contributed by atoms with Gasteiger partial charge < -0.3 is 20.7 Å². The van der Waals surface area contributed by atoms with E-state index in [0.29, 0.717) is 26.1 Å². The van der Waals surface area contributed by atoms with Gasteiger partial charge in [0.1, 0.15) is 0 Å². The van der Waals surface area contributed by atoms with E-state index in [9.17, 15) is 14.4 Å². The first-order chi connectivity index (χ1) is 8.07. The first-order valence-electron chi connectivity index (χ1n) is 5.37. The Labute approximate surface area is 100 Å². The van der Waals surface area contributed by atoms with Crippen molar-refractivity contribution in [3.8, 4) is 0 Å². The average molecular weight is 245 g/mol. The van der Waals surface area contributed by atoms with Gasteiger partial charge in [-0.25, -0.2) is 0 Å². The Morgan fingerprint density at radius 2 is 1.47 bits per heavy atom. The number of rotatable bonds is 7. The van der Waals surface area contributed by atoms with Crippen molar-refractivity contribution >= 4 is 17.7 Å². The third kappa shape index (κ3) is 9.31. The zero-order valence-electron chi connectivity index (χ0n) is 10.2. The molecule has 0 rings (SSSR count). The van der Waals surface area contributed by atoms with Gasteiger partial charge in [-0.1, -0.05) is 0 Å². The number of nitrogens with one attached hydrogen (secondary N) is 3. The zero-order valence-corrected chi connectivity index (χ0v) is 10.2. The minimum Gasteiger partial charge on any atom is -0.385 e. The largest absolute Gasteiger partial charge is 0.385 e. The SMILES string of the molecule is COCCCNC(=O)C(=O)NCCNC(C)=O. The maximum Gasteiger partial charge on any atom is 0.309 e. The fourth-order valence-electron chi connectivity index (χ4n) is 0.994. The first-order valence-corrected chi connectivity index (χ1v) is 5.37. The second kappa shape index (κ2) is 9.59. The van der Waals surface area contributed by atoms with Crippen LogP contribution in [-0.2, 0) is 19.1 Å². The average Bonchev–Trinajstić information content (AvgIpc) is 2.29. The summed E-state index contributed by atoms with van der Waals surface area (Å²) in [6, 6.07) is 0. The monoisotopic (exact) mass is 245 g/mol. The molecule has 0 fully saturated rings. The highest BCUT2D eigenvalue weighted by Gasteiger charge is 2.11. The Kier molecular flexibility index (Phi) is 8.67. The number of methoxy groups -OCH3 is 1. The molecule has 0 aromatic rings. The Morgan fingerprint density at radius 1 is 0.941 bits per heavy atom. The van der Waals surface area contributed by atoms with Crippen LogP contribution in [0.1, 0.15) is 13.3 Å². The summed E-state index contributed by atoms with van der Waals surface area (Å²) in [6.45, 7) is 2.84. The number of ether oxygens (including phenoxy) is 1. The third-order valence-corrected chi connectivity index (χ3v) is 1.80. The van der Waals surface area contributed by atoms with Crippen LogP contribution in [-0.4, -0.2) is 51.1 Å². The maximum atomic E-state index is 11.2. The first kappa shape index (κ1) is 15.4. The lowest BCUT2D eigenvalue weighted by Crippen LogP contribution is -2.43. The van der Waals surface area contributed by atoms with Crippen LogP contribution in [0, 0.1) is 0 Å². The van der Waals surface area contributed by atoms with Crippen LogP contribution in [0.15, 0.2) is 0 Å². The fraction of sp³-hybridized carbons (Fsp3) is 0.700. The number of amides is 3. The molecule has 0 radical (unpaired) electrons. The molecule has 3 amide bonds. The van der Waals surface area contributed by atoms with Crippen molar-refractivity contribution < 1.29 is 19.1 Å². The quantitative estimate of drug-likeness (QED) is 0.371. The van der Waals surface area contributed by atoms with E-state index in [2.05, 4.69) is 16.0 Å². The van der Waals surface area contributed by atoms with Gasteiger partial charge in [0.25, 0.3) is 0 Å². The molecular weight excluding hydrogens is 226 g/mol. The summed E-state index contributed by atoms with van der Waals surface area (Å²) in [5.41, 5.74) is 0. The summed E-state index contributed by atoms with van der Waals surface area (Å²) < 4.78 is 4.79. The number of carbonyl (C=O) groups is 3. The molecule has 0 aromatic carbocycles. The van der Waals surface area contributed by atoms with Gasteiger partial charge in [0.2, 0.25) is 5.91 Å². The lowest BCUT2D eigenvalue weighted by atomic mass is 10.4. The van der Waals surface area contributed by atoms with Crippen LogP contribution in [0.2, 0.25) is 0 Å². The van der Waals surface area contributed by atoms with Crippen LogP contribution in [0.25, 0.3) is 0 Å². The van der Waals surface area contributed by atoms with E-state index < -0.39 is 11.8 Å². The van der Waals surface area contributed by atoms with Crippen LogP contribution >= 0.6 is 0 Å². The lowest BCUT2D eigenvalue weighted by Gasteiger charge is -2.06. The molecular formula is C10H19N3O4. The van der Waals surface area contributed by atoms with Crippen LogP contribution in [0.4, 0.5) is 0 Å². The second-order valence-corrected chi connectivity index (χ2v) is 3.34. The van der Waals surface area contributed by atoms with Crippen molar-refractivity contribution in [2.75, 3.05) is 33.4 Å². The van der Waals surface area contributed by atoms with Crippen molar-refractivity contribution in [2.24, 2.45) is 0 Å². The van der Waals surface area contributed by atoms with Gasteiger partial charge in [-0.2, -0.15) is 0 Å². The summed E-state index contributed by atoms with van der Waals surface area (Å²) >= 11 is 0. The molecule has 3 N–H and O–H groups in total. The predicted molar refractivity (Wildman–Crippen MR) is 61.2 cm³/mol. The van der Waals surface area contributed by atoms with Crippen molar-refractivity contribution in [1.82, 2.24) is 16.0 Å². The number of hydrogen-bond acceptors (Lipinski definition) is 4. The summed E-state index contributed by atoms with van der Waals surface area (Å²) in [4.78, 5) is 32.9. The van der Waals surface area contributed by atoms with E-state index in [-0.39, 0.29) is 12.5 Å². The van der Waals surface area contributed by atoms with Crippen molar-refractivity contribution in [3.63, 3.8) is 0 Å². The molecule has 0 spiro atoms. The van der Waals surface area contributed by atoms with Gasteiger partial charge in [0.05, 0.1) is 0 Å². The summed E-state index contributed by atoms with van der Waals surface area (Å²) in [5.74, 6) is -1.56. The molecule has 0 aliphatic carbocycles. The fourth-order valence-corrected chi connectivity index (χ4v) is 0.994. The van der Waals surface area contributed by atoms with Gasteiger partial charge in [0, 0.05) is 40.3 Å². The van der Waals surface area contributed by atoms with Crippen LogP contribution in [0.3, 0.4) is 0 Å². The minimum atomic E-state index is -0.701. The molecule has 0 heterocycles. The van der Waals surface area contributed by atoms with Crippen molar-refractivity contribution in [3.05, 3.63) is 0 Å². The van der Waals surface area contributed by atoms with E-state index in [1.807, 2.05) is 0 Å². The van der Waals surface area contributed by atoms with Gasteiger partial charge in [0.15, 0.2) is 0 Å². The highest BCUT2D eigenvalue weighted by atomic mass is 16.5. The molecule has 7 nitrogen and oxygen atoms in total. The Hall–Kier alpha value is -1.63. The Bertz CT molecular complexity index is 268. The number of carbonyl (C=O) groups excluding carboxylic acids is 3. The Balaban J connectivity index is 3.54. The van der Waals surface area contributed by atoms with Crippen LogP contribution in [0.5, 0.6) is 0 Å². The lowest BCUT2D eigenvalue weighted by molar-refractivity contribution is -0.139. The number of hydrogen-bond donors (Lipinski definition) is 3. The third-order valence-electron chi connectivity index (χ3n) is 1.80. The van der Waals surface area contributed by atoms with E-state index in [4.69, 9.17) is 4.74 Å². The predicted octanol–water partition coefficient (Wildman–Crippen LogP) is -1.61. The topological polar surface area (TPSA) is 96.5 Å². The molecule has 98 valence electrons. The zero-order chi connectivity index (χ0) is 13.1. The van der Waals surface area contributed by atoms with E-state index in [0.717, 1.165) is 0 Å². The normalized spacial score (nSPS) is 9.53. The molecule has 7 heteroatoms. The highest BCUT2D eigenvalue weighted by molar-refractivity contribution is 6.35. The van der Waals surface area contributed by atoms with Crippen LogP contribution < -0.4 is 16.0 Å². The molecule has 0 aliphatic rings. The van der Waals surface area contributed by atoms with E-state index in [1.165, 1.54) is 6.92 Å². The molecule has 0 aromatic heterocycles. The second-order valence-electron chi connectivity index (χ2n) is 3.34. The highest BCUT2D eigenvalue weighted by Crippen LogP contribution is 1.77. The van der Waals surface area contributed by atoms with E-state index in [1.54, 1.807) is 7.11 Å². The maximum absolute atomic E-state index is 11.2.